The van der Waals surface area contributed by atoms with Crippen molar-refractivity contribution in [3.8, 4) is 0 Å². The first-order valence-electron chi connectivity index (χ1n) is 5.09. The van der Waals surface area contributed by atoms with Gasteiger partial charge in [-0.25, -0.2) is 4.79 Å². The number of nitrogens with one attached hydrogen (secondary N) is 2. The standard InChI is InChI=1S/C11H12BrClN2O3/c1-18-11(17)14-5-4-10(16)15-9-3-2-7(12)6-8(9)13/h2-3,6H,4-5H2,1H3,(H,14,17)(H,15,16). The molecule has 0 saturated carbocycles. The lowest BCUT2D eigenvalue weighted by Gasteiger charge is -2.08. The summed E-state index contributed by atoms with van der Waals surface area (Å²) in [5, 5.41) is 5.50. The number of methoxy groups -OCH3 is 1. The van der Waals surface area contributed by atoms with Gasteiger partial charge in [-0.15, -0.1) is 0 Å². The minimum Gasteiger partial charge on any atom is -0.453 e. The van der Waals surface area contributed by atoms with Crippen LogP contribution in [0.25, 0.3) is 0 Å². The van der Waals surface area contributed by atoms with Crippen LogP contribution >= 0.6 is 27.5 Å². The molecule has 7 heteroatoms. The first kappa shape index (κ1) is 14.8. The van der Waals surface area contributed by atoms with Crippen LogP contribution in [0, 0.1) is 0 Å². The normalized spacial score (nSPS) is 9.72. The molecule has 0 unspecified atom stereocenters. The molecule has 0 radical (unpaired) electrons. The molecule has 1 aromatic carbocycles. The van der Waals surface area contributed by atoms with E-state index in [2.05, 4.69) is 31.3 Å². The zero-order valence-electron chi connectivity index (χ0n) is 9.63. The Morgan fingerprint density at radius 2 is 2.17 bits per heavy atom. The van der Waals surface area contributed by atoms with Crippen molar-refractivity contribution in [2.45, 2.75) is 6.42 Å². The van der Waals surface area contributed by atoms with Gasteiger partial charge >= 0.3 is 6.09 Å². The number of hydrogen-bond acceptors (Lipinski definition) is 3. The fourth-order valence-corrected chi connectivity index (χ4v) is 1.87. The Labute approximate surface area is 118 Å². The summed E-state index contributed by atoms with van der Waals surface area (Å²) in [7, 11) is 1.26. The van der Waals surface area contributed by atoms with Crippen LogP contribution in [0.1, 0.15) is 6.42 Å². The molecule has 0 fully saturated rings. The second-order valence-corrected chi connectivity index (χ2v) is 4.66. The highest BCUT2D eigenvalue weighted by Gasteiger charge is 2.07. The molecule has 0 aliphatic rings. The summed E-state index contributed by atoms with van der Waals surface area (Å²) in [6.07, 6.45) is -0.425. The summed E-state index contributed by atoms with van der Waals surface area (Å²) < 4.78 is 5.21. The van der Waals surface area contributed by atoms with Crippen LogP contribution in [0.3, 0.4) is 0 Å². The van der Waals surface area contributed by atoms with E-state index in [1.165, 1.54) is 7.11 Å². The van der Waals surface area contributed by atoms with Crippen molar-refractivity contribution in [3.05, 3.63) is 27.7 Å². The van der Waals surface area contributed by atoms with E-state index >= 15 is 0 Å². The summed E-state index contributed by atoms with van der Waals surface area (Å²) in [5.41, 5.74) is 0.530. The first-order valence-corrected chi connectivity index (χ1v) is 6.26. The van der Waals surface area contributed by atoms with Crippen LogP contribution in [0.5, 0.6) is 0 Å². The molecule has 0 heterocycles. The zero-order chi connectivity index (χ0) is 13.5. The molecular formula is C11H12BrClN2O3. The van der Waals surface area contributed by atoms with Gasteiger partial charge in [0.25, 0.3) is 0 Å². The molecule has 2 N–H and O–H groups in total. The third kappa shape index (κ3) is 4.93. The number of amides is 2. The van der Waals surface area contributed by atoms with Crippen LogP contribution < -0.4 is 10.6 Å². The maximum absolute atomic E-state index is 11.5. The van der Waals surface area contributed by atoms with E-state index < -0.39 is 6.09 Å². The van der Waals surface area contributed by atoms with Gasteiger partial charge in [-0.2, -0.15) is 0 Å². The van der Waals surface area contributed by atoms with E-state index in [9.17, 15) is 9.59 Å². The molecule has 0 aliphatic heterocycles. The molecule has 0 saturated heterocycles. The van der Waals surface area contributed by atoms with E-state index in [1.807, 2.05) is 0 Å². The van der Waals surface area contributed by atoms with E-state index in [4.69, 9.17) is 11.6 Å². The Kier molecular flexibility index (Phi) is 5.94. The molecule has 98 valence electrons. The third-order valence-corrected chi connectivity index (χ3v) is 2.82. The molecule has 1 rings (SSSR count). The highest BCUT2D eigenvalue weighted by molar-refractivity contribution is 9.10. The molecule has 0 bridgehead atoms. The minimum absolute atomic E-state index is 0.140. The molecule has 5 nitrogen and oxygen atoms in total. The number of benzene rings is 1. The largest absolute Gasteiger partial charge is 0.453 e. The molecule has 0 aliphatic carbocycles. The molecule has 1 aromatic rings. The van der Waals surface area contributed by atoms with Crippen molar-refractivity contribution < 1.29 is 14.3 Å². The summed E-state index contributed by atoms with van der Waals surface area (Å²) in [4.78, 5) is 22.3. The summed E-state index contributed by atoms with van der Waals surface area (Å²) in [6.45, 7) is 0.201. The Balaban J connectivity index is 2.42. The lowest BCUT2D eigenvalue weighted by Crippen LogP contribution is -2.27. The smallest absolute Gasteiger partial charge is 0.406 e. The fraction of sp³-hybridized carbons (Fsp3) is 0.273. The van der Waals surface area contributed by atoms with E-state index in [1.54, 1.807) is 18.2 Å². The number of alkyl carbamates (subject to hydrolysis) is 1. The van der Waals surface area contributed by atoms with E-state index in [0.29, 0.717) is 10.7 Å². The molecule has 0 spiro atoms. The number of halogens is 2. The van der Waals surface area contributed by atoms with Gasteiger partial charge in [-0.3, -0.25) is 4.79 Å². The molecule has 18 heavy (non-hydrogen) atoms. The van der Waals surface area contributed by atoms with Gasteiger partial charge in [0.2, 0.25) is 5.91 Å². The number of carbonyl (C=O) groups is 2. The van der Waals surface area contributed by atoms with Gasteiger partial charge in [0, 0.05) is 17.4 Å². The maximum atomic E-state index is 11.5. The number of hydrogen-bond donors (Lipinski definition) is 2. The Morgan fingerprint density at radius 3 is 2.78 bits per heavy atom. The summed E-state index contributed by atoms with van der Waals surface area (Å²) >= 11 is 9.22. The summed E-state index contributed by atoms with van der Waals surface area (Å²) in [5.74, 6) is -0.240. The predicted octanol–water partition coefficient (Wildman–Crippen LogP) is 2.79. The first-order chi connectivity index (χ1) is 8.52. The quantitative estimate of drug-likeness (QED) is 0.889. The highest BCUT2D eigenvalue weighted by Crippen LogP contribution is 2.25. The fourth-order valence-electron chi connectivity index (χ4n) is 1.15. The van der Waals surface area contributed by atoms with E-state index in [-0.39, 0.29) is 18.9 Å². The number of carbonyl (C=O) groups excluding carboxylic acids is 2. The van der Waals surface area contributed by atoms with Crippen molar-refractivity contribution >= 4 is 45.2 Å². The zero-order valence-corrected chi connectivity index (χ0v) is 12.0. The molecule has 0 atom stereocenters. The topological polar surface area (TPSA) is 67.4 Å². The number of rotatable bonds is 4. The SMILES string of the molecule is COC(=O)NCCC(=O)Nc1ccc(Br)cc1Cl. The monoisotopic (exact) mass is 334 g/mol. The third-order valence-electron chi connectivity index (χ3n) is 2.01. The minimum atomic E-state index is -0.565. The van der Waals surface area contributed by atoms with E-state index in [0.717, 1.165) is 4.47 Å². The second-order valence-electron chi connectivity index (χ2n) is 3.34. The average molecular weight is 336 g/mol. The maximum Gasteiger partial charge on any atom is 0.406 e. The van der Waals surface area contributed by atoms with Crippen LogP contribution in [-0.4, -0.2) is 25.7 Å². The van der Waals surface area contributed by atoms with Crippen LogP contribution in [0.2, 0.25) is 5.02 Å². The Bertz CT molecular complexity index is 454. The van der Waals surface area contributed by atoms with Crippen LogP contribution in [-0.2, 0) is 9.53 Å². The van der Waals surface area contributed by atoms with Gasteiger partial charge in [0.1, 0.15) is 0 Å². The van der Waals surface area contributed by atoms with Crippen LogP contribution in [0.15, 0.2) is 22.7 Å². The van der Waals surface area contributed by atoms with Crippen molar-refractivity contribution in [2.24, 2.45) is 0 Å². The molecule has 0 aromatic heterocycles. The number of ether oxygens (including phenoxy) is 1. The predicted molar refractivity (Wildman–Crippen MR) is 72.8 cm³/mol. The van der Waals surface area contributed by atoms with Gasteiger partial charge in [0.05, 0.1) is 17.8 Å². The van der Waals surface area contributed by atoms with Crippen molar-refractivity contribution in [1.29, 1.82) is 0 Å². The van der Waals surface area contributed by atoms with Crippen molar-refractivity contribution in [1.82, 2.24) is 5.32 Å². The van der Waals surface area contributed by atoms with Crippen LogP contribution in [0.4, 0.5) is 10.5 Å². The Hall–Kier alpha value is -1.27. The lowest BCUT2D eigenvalue weighted by atomic mass is 10.3. The number of anilines is 1. The van der Waals surface area contributed by atoms with Crippen molar-refractivity contribution in [3.63, 3.8) is 0 Å². The lowest BCUT2D eigenvalue weighted by molar-refractivity contribution is -0.116. The van der Waals surface area contributed by atoms with Crippen molar-refractivity contribution in [2.75, 3.05) is 19.0 Å². The molecular weight excluding hydrogens is 323 g/mol. The molecule has 2 amide bonds. The Morgan fingerprint density at radius 1 is 1.44 bits per heavy atom. The highest BCUT2D eigenvalue weighted by atomic mass is 79.9. The van der Waals surface area contributed by atoms with Gasteiger partial charge < -0.3 is 15.4 Å². The van der Waals surface area contributed by atoms with Gasteiger partial charge in [-0.1, -0.05) is 27.5 Å². The van der Waals surface area contributed by atoms with Gasteiger partial charge in [-0.05, 0) is 18.2 Å². The second kappa shape index (κ2) is 7.23. The van der Waals surface area contributed by atoms with Gasteiger partial charge in [0.15, 0.2) is 0 Å². The average Bonchev–Trinajstić information content (AvgIpc) is 2.32. The summed E-state index contributed by atoms with van der Waals surface area (Å²) in [6, 6.07) is 5.15.